The minimum atomic E-state index is -0.000223. The highest BCUT2D eigenvalue weighted by atomic mass is 32.2. The van der Waals surface area contributed by atoms with Crippen molar-refractivity contribution in [1.82, 2.24) is 10.2 Å². The Morgan fingerprint density at radius 3 is 3.00 bits per heavy atom. The summed E-state index contributed by atoms with van der Waals surface area (Å²) in [6, 6.07) is 8.36. The lowest BCUT2D eigenvalue weighted by Gasteiger charge is -2.24. The summed E-state index contributed by atoms with van der Waals surface area (Å²) in [5.74, 6) is 2.01. The molecule has 1 heterocycles. The van der Waals surface area contributed by atoms with Crippen LogP contribution in [0.5, 0.6) is 0 Å². The van der Waals surface area contributed by atoms with E-state index < -0.39 is 0 Å². The van der Waals surface area contributed by atoms with Gasteiger partial charge in [-0.3, -0.25) is 10.1 Å². The van der Waals surface area contributed by atoms with E-state index in [1.807, 2.05) is 17.9 Å². The number of carbonyl (C=O) groups excluding carboxylic acids is 1. The van der Waals surface area contributed by atoms with E-state index in [-0.39, 0.29) is 11.9 Å². The van der Waals surface area contributed by atoms with Gasteiger partial charge in [-0.25, -0.2) is 0 Å². The van der Waals surface area contributed by atoms with Gasteiger partial charge < -0.3 is 4.90 Å². The van der Waals surface area contributed by atoms with Gasteiger partial charge in [0.2, 0.25) is 5.91 Å². The van der Waals surface area contributed by atoms with Crippen LogP contribution in [0, 0.1) is 6.92 Å². The van der Waals surface area contributed by atoms with Gasteiger partial charge >= 0.3 is 0 Å². The van der Waals surface area contributed by atoms with Gasteiger partial charge in [0.15, 0.2) is 0 Å². The lowest BCUT2D eigenvalue weighted by atomic mass is 10.1. The van der Waals surface area contributed by atoms with E-state index >= 15 is 0 Å². The number of hydrogen-bond acceptors (Lipinski definition) is 3. The first-order valence-corrected chi connectivity index (χ1v) is 7.51. The molecular formula is C14H20N2OS. The third kappa shape index (κ3) is 3.27. The second-order valence-corrected chi connectivity index (χ2v) is 5.64. The molecular weight excluding hydrogens is 244 g/mol. The number of benzene rings is 1. The molecule has 0 bridgehead atoms. The molecule has 0 radical (unpaired) electrons. The number of carbonyl (C=O) groups is 1. The number of aryl methyl sites for hydroxylation is 1. The normalized spacial score (nSPS) is 18.9. The Bertz CT molecular complexity index is 416. The lowest BCUT2D eigenvalue weighted by molar-refractivity contribution is -0.133. The molecule has 0 saturated carbocycles. The van der Waals surface area contributed by atoms with Crippen LogP contribution in [0.2, 0.25) is 0 Å². The molecule has 1 unspecified atom stereocenters. The Morgan fingerprint density at radius 2 is 2.39 bits per heavy atom. The van der Waals surface area contributed by atoms with Crippen LogP contribution in [0.4, 0.5) is 0 Å². The topological polar surface area (TPSA) is 32.3 Å². The van der Waals surface area contributed by atoms with Crippen molar-refractivity contribution in [1.29, 1.82) is 0 Å². The molecule has 0 aromatic heterocycles. The zero-order valence-corrected chi connectivity index (χ0v) is 11.8. The second kappa shape index (κ2) is 6.25. The SMILES string of the molecule is CCN(Cc1cccc(C)c1)C(=O)C1CSCN1. The third-order valence-corrected chi connectivity index (χ3v) is 4.10. The molecule has 1 aliphatic rings. The van der Waals surface area contributed by atoms with Crippen molar-refractivity contribution < 1.29 is 4.79 Å². The van der Waals surface area contributed by atoms with Gasteiger partial charge in [-0.1, -0.05) is 29.8 Å². The molecule has 1 fully saturated rings. The summed E-state index contributed by atoms with van der Waals surface area (Å²) in [6.45, 7) is 5.59. The largest absolute Gasteiger partial charge is 0.337 e. The Balaban J connectivity index is 2.02. The van der Waals surface area contributed by atoms with Crippen molar-refractivity contribution >= 4 is 17.7 Å². The highest BCUT2D eigenvalue weighted by molar-refractivity contribution is 7.99. The van der Waals surface area contributed by atoms with Gasteiger partial charge in [-0.2, -0.15) is 0 Å². The van der Waals surface area contributed by atoms with Crippen LogP contribution in [0.25, 0.3) is 0 Å². The summed E-state index contributed by atoms with van der Waals surface area (Å²) in [7, 11) is 0. The van der Waals surface area contributed by atoms with E-state index in [9.17, 15) is 4.79 Å². The maximum absolute atomic E-state index is 12.3. The monoisotopic (exact) mass is 264 g/mol. The van der Waals surface area contributed by atoms with Crippen LogP contribution in [0.3, 0.4) is 0 Å². The fourth-order valence-corrected chi connectivity index (χ4v) is 3.08. The molecule has 1 saturated heterocycles. The van der Waals surface area contributed by atoms with E-state index in [0.29, 0.717) is 6.54 Å². The van der Waals surface area contributed by atoms with Crippen LogP contribution < -0.4 is 5.32 Å². The highest BCUT2D eigenvalue weighted by Gasteiger charge is 2.26. The van der Waals surface area contributed by atoms with E-state index in [1.165, 1.54) is 11.1 Å². The number of hydrogen-bond donors (Lipinski definition) is 1. The molecule has 1 N–H and O–H groups in total. The van der Waals surface area contributed by atoms with Crippen LogP contribution in [-0.2, 0) is 11.3 Å². The maximum atomic E-state index is 12.3. The molecule has 3 nitrogen and oxygen atoms in total. The number of nitrogens with one attached hydrogen (secondary N) is 1. The van der Waals surface area contributed by atoms with Crippen molar-refractivity contribution in [2.45, 2.75) is 26.4 Å². The summed E-state index contributed by atoms with van der Waals surface area (Å²) in [4.78, 5) is 14.2. The molecule has 2 rings (SSSR count). The molecule has 1 amide bonds. The second-order valence-electron chi connectivity index (χ2n) is 4.61. The fourth-order valence-electron chi connectivity index (χ4n) is 2.15. The zero-order valence-electron chi connectivity index (χ0n) is 11.0. The van der Waals surface area contributed by atoms with Crippen LogP contribution >= 0.6 is 11.8 Å². The van der Waals surface area contributed by atoms with Crippen LogP contribution in [-0.4, -0.2) is 35.0 Å². The number of nitrogens with zero attached hydrogens (tertiary/aromatic N) is 1. The summed E-state index contributed by atoms with van der Waals surface area (Å²) < 4.78 is 0. The maximum Gasteiger partial charge on any atom is 0.240 e. The van der Waals surface area contributed by atoms with Crippen molar-refractivity contribution in [3.05, 3.63) is 35.4 Å². The fraction of sp³-hybridized carbons (Fsp3) is 0.500. The van der Waals surface area contributed by atoms with E-state index in [4.69, 9.17) is 0 Å². The van der Waals surface area contributed by atoms with Crippen LogP contribution in [0.15, 0.2) is 24.3 Å². The number of rotatable bonds is 4. The lowest BCUT2D eigenvalue weighted by Crippen LogP contribution is -2.44. The van der Waals surface area contributed by atoms with E-state index in [0.717, 1.165) is 18.2 Å². The molecule has 0 aliphatic carbocycles. The Kier molecular flexibility index (Phi) is 4.66. The first-order chi connectivity index (χ1) is 8.70. The average molecular weight is 264 g/mol. The van der Waals surface area contributed by atoms with Crippen molar-refractivity contribution in [2.24, 2.45) is 0 Å². The molecule has 1 aromatic rings. The highest BCUT2D eigenvalue weighted by Crippen LogP contribution is 2.14. The summed E-state index contributed by atoms with van der Waals surface area (Å²) in [5.41, 5.74) is 2.45. The minimum absolute atomic E-state index is 0.000223. The van der Waals surface area contributed by atoms with Gasteiger partial charge in [0.1, 0.15) is 0 Å². The number of likely N-dealkylation sites (N-methyl/N-ethyl adjacent to an activating group) is 1. The average Bonchev–Trinajstić information content (AvgIpc) is 2.89. The standard InChI is InChI=1S/C14H20N2OS/c1-3-16(14(17)13-9-18-10-15-13)8-12-6-4-5-11(2)7-12/h4-7,13,15H,3,8-10H2,1-2H3. The van der Waals surface area contributed by atoms with Gasteiger partial charge in [0, 0.05) is 24.7 Å². The van der Waals surface area contributed by atoms with Crippen molar-refractivity contribution in [2.75, 3.05) is 18.2 Å². The molecule has 1 aromatic carbocycles. The smallest absolute Gasteiger partial charge is 0.240 e. The van der Waals surface area contributed by atoms with Gasteiger partial charge in [0.05, 0.1) is 6.04 Å². The molecule has 4 heteroatoms. The Morgan fingerprint density at radius 1 is 1.56 bits per heavy atom. The van der Waals surface area contributed by atoms with E-state index in [1.54, 1.807) is 11.8 Å². The zero-order chi connectivity index (χ0) is 13.0. The van der Waals surface area contributed by atoms with Crippen LogP contribution in [0.1, 0.15) is 18.1 Å². The number of amides is 1. The summed E-state index contributed by atoms with van der Waals surface area (Å²) in [5, 5.41) is 3.24. The Hall–Kier alpha value is -1.00. The quantitative estimate of drug-likeness (QED) is 0.903. The Labute approximate surface area is 113 Å². The van der Waals surface area contributed by atoms with Crippen molar-refractivity contribution in [3.63, 3.8) is 0 Å². The summed E-state index contributed by atoms with van der Waals surface area (Å²) in [6.07, 6.45) is 0. The van der Waals surface area contributed by atoms with Gasteiger partial charge in [-0.15, -0.1) is 11.8 Å². The molecule has 18 heavy (non-hydrogen) atoms. The predicted octanol–water partition coefficient (Wildman–Crippen LogP) is 2.01. The number of thioether (sulfide) groups is 1. The first kappa shape index (κ1) is 13.4. The molecule has 98 valence electrons. The molecule has 1 atom stereocenters. The summed E-state index contributed by atoms with van der Waals surface area (Å²) >= 11 is 1.79. The predicted molar refractivity (Wildman–Crippen MR) is 76.5 cm³/mol. The van der Waals surface area contributed by atoms with Gasteiger partial charge in [-0.05, 0) is 19.4 Å². The van der Waals surface area contributed by atoms with E-state index in [2.05, 4.69) is 30.4 Å². The minimum Gasteiger partial charge on any atom is -0.337 e. The molecule has 0 spiro atoms. The first-order valence-electron chi connectivity index (χ1n) is 6.36. The molecule has 1 aliphatic heterocycles. The third-order valence-electron chi connectivity index (χ3n) is 3.16. The van der Waals surface area contributed by atoms with Gasteiger partial charge in [0.25, 0.3) is 0 Å². The van der Waals surface area contributed by atoms with Crippen molar-refractivity contribution in [3.8, 4) is 0 Å².